The number of carbonyl (C=O) groups excluding carboxylic acids is 7. The second-order valence-corrected chi connectivity index (χ2v) is 18.1. The lowest BCUT2D eigenvalue weighted by Gasteiger charge is -2.31. The first-order valence-electron chi connectivity index (χ1n) is 23.9. The number of hydrogen-bond acceptors (Lipinski definition) is 13. The summed E-state index contributed by atoms with van der Waals surface area (Å²) in [5.74, 6) is -9.00. The highest BCUT2D eigenvalue weighted by atomic mass is 16.4. The molecule has 0 bridgehead atoms. The van der Waals surface area contributed by atoms with Crippen LogP contribution in [0.25, 0.3) is 0 Å². The number of H-pyrrole nitrogens is 1. The van der Waals surface area contributed by atoms with E-state index in [0.717, 1.165) is 5.56 Å². The molecule has 2 fully saturated rings. The molecular weight excluding hydrogens is 925 g/mol. The lowest BCUT2D eigenvalue weighted by molar-refractivity contribution is -0.150. The van der Waals surface area contributed by atoms with Gasteiger partial charge in [0.05, 0.1) is 19.3 Å². The Hall–Kier alpha value is -7.15. The summed E-state index contributed by atoms with van der Waals surface area (Å²) in [5, 5.41) is 33.2. The molecule has 0 radical (unpaired) electrons. The van der Waals surface area contributed by atoms with E-state index < -0.39 is 114 Å². The molecule has 3 heterocycles. The number of nitrogens with two attached hydrogens (primary N) is 4. The molecule has 0 spiro atoms. The summed E-state index contributed by atoms with van der Waals surface area (Å²) in [5.41, 5.74) is 23.4. The summed E-state index contributed by atoms with van der Waals surface area (Å²) in [6.07, 6.45) is 3.91. The number of amides is 7. The van der Waals surface area contributed by atoms with Crippen molar-refractivity contribution in [2.75, 3.05) is 32.7 Å². The third-order valence-corrected chi connectivity index (χ3v) is 12.3. The maximum atomic E-state index is 14.4. The van der Waals surface area contributed by atoms with Gasteiger partial charge in [-0.15, -0.1) is 0 Å². The van der Waals surface area contributed by atoms with Crippen LogP contribution in [0.15, 0.2) is 47.8 Å². The monoisotopic (exact) mass is 995 g/mol. The van der Waals surface area contributed by atoms with E-state index in [9.17, 15) is 53.4 Å². The van der Waals surface area contributed by atoms with E-state index in [4.69, 9.17) is 22.9 Å². The molecule has 16 N–H and O–H groups in total. The second kappa shape index (κ2) is 27.9. The van der Waals surface area contributed by atoms with Crippen LogP contribution in [0.3, 0.4) is 0 Å². The standard InChI is InChI=1S/C46H70N14O11/c1-26(2)20-32(39(64)57-34(22-37(62)63)41(66)55-30(12-6-7-16-47)44(69)60-19-15-29(38(60)45(70)71)27-10-4-3-5-11-27)58-42(67)35-14-9-18-59(35)43(68)31(13-8-17-52-46(49)50)56-40(65)33(54-36(61)23-48)21-28-24-51-25-53-28/h3-5,10-11,24-26,29-35,38H,6-9,12-23,47-48H2,1-2H3,(H,51,53)(H,54,61)(H,55,66)(H,56,65)(H,57,64)(H,58,67)(H,62,63)(H,70,71)(H4,49,50,52)/t29-,30-,31-,32-,33-,34-,35-,38-/m0/s1. The Morgan fingerprint density at radius 1 is 0.775 bits per heavy atom. The molecule has 2 aliphatic heterocycles. The van der Waals surface area contributed by atoms with Gasteiger partial charge in [-0.3, -0.25) is 43.3 Å². The number of nitrogens with one attached hydrogen (secondary N) is 6. The number of hydrogen-bond donors (Lipinski definition) is 12. The summed E-state index contributed by atoms with van der Waals surface area (Å²) < 4.78 is 0. The first-order valence-corrected chi connectivity index (χ1v) is 23.9. The van der Waals surface area contributed by atoms with E-state index in [-0.39, 0.29) is 76.6 Å². The Morgan fingerprint density at radius 3 is 2.00 bits per heavy atom. The Kier molecular flexibility index (Phi) is 22.2. The number of benzene rings is 1. The van der Waals surface area contributed by atoms with Crippen LogP contribution in [-0.4, -0.2) is 164 Å². The zero-order chi connectivity index (χ0) is 52.2. The summed E-state index contributed by atoms with van der Waals surface area (Å²) in [6, 6.07) is -0.291. The van der Waals surface area contributed by atoms with Crippen molar-refractivity contribution in [1.82, 2.24) is 46.4 Å². The van der Waals surface area contributed by atoms with E-state index in [0.29, 0.717) is 31.4 Å². The van der Waals surface area contributed by atoms with Crippen molar-refractivity contribution in [3.05, 3.63) is 54.1 Å². The van der Waals surface area contributed by atoms with Crippen LogP contribution in [0, 0.1) is 5.92 Å². The molecule has 0 aliphatic carbocycles. The average Bonchev–Trinajstić information content (AvgIpc) is 4.13. The summed E-state index contributed by atoms with van der Waals surface area (Å²) in [7, 11) is 0. The molecule has 0 saturated carbocycles. The lowest BCUT2D eigenvalue weighted by Crippen LogP contribution is -2.60. The van der Waals surface area contributed by atoms with E-state index in [1.807, 2.05) is 0 Å². The zero-order valence-corrected chi connectivity index (χ0v) is 40.2. The SMILES string of the molecule is CC(C)C[C@H](NC(=O)[C@@H]1CCCN1C(=O)[C@H](CCCN=C(N)N)NC(=O)[C@H](Cc1cnc[nH]1)NC(=O)CN)C(=O)N[C@@H](CC(=O)O)C(=O)N[C@@H](CCCCN)C(=O)N1CC[C@@H](c2ccccc2)[C@H]1C(=O)O. The van der Waals surface area contributed by atoms with Crippen molar-refractivity contribution in [3.63, 3.8) is 0 Å². The third-order valence-electron chi connectivity index (χ3n) is 12.3. The van der Waals surface area contributed by atoms with Crippen molar-refractivity contribution in [2.24, 2.45) is 33.8 Å². The normalized spacial score (nSPS) is 18.6. The Bertz CT molecular complexity index is 2170. The fourth-order valence-electron chi connectivity index (χ4n) is 8.86. The molecule has 2 saturated heterocycles. The van der Waals surface area contributed by atoms with Gasteiger partial charge in [-0.25, -0.2) is 9.78 Å². The van der Waals surface area contributed by atoms with Crippen LogP contribution in [-0.2, 0) is 49.6 Å². The van der Waals surface area contributed by atoms with E-state index in [2.05, 4.69) is 41.5 Å². The van der Waals surface area contributed by atoms with Crippen molar-refractivity contribution in [2.45, 2.75) is 133 Å². The van der Waals surface area contributed by atoms with Gasteiger partial charge in [0, 0.05) is 43.9 Å². The highest BCUT2D eigenvalue weighted by Crippen LogP contribution is 2.34. The third kappa shape index (κ3) is 17.0. The first-order chi connectivity index (χ1) is 33.8. The maximum absolute atomic E-state index is 14.4. The van der Waals surface area contributed by atoms with Crippen LogP contribution in [0.1, 0.15) is 95.2 Å². The summed E-state index contributed by atoms with van der Waals surface area (Å²) in [6.45, 7) is 3.67. The van der Waals surface area contributed by atoms with Crippen LogP contribution < -0.4 is 49.5 Å². The average molecular weight is 995 g/mol. The minimum absolute atomic E-state index is 0.0175. The van der Waals surface area contributed by atoms with Gasteiger partial charge in [0.2, 0.25) is 41.4 Å². The number of carbonyl (C=O) groups is 9. The number of carboxylic acids is 2. The van der Waals surface area contributed by atoms with Crippen LogP contribution >= 0.6 is 0 Å². The predicted octanol–water partition coefficient (Wildman–Crippen LogP) is -2.50. The Balaban J connectivity index is 1.53. The minimum atomic E-state index is -1.75. The summed E-state index contributed by atoms with van der Waals surface area (Å²) in [4.78, 5) is 135. The number of aliphatic carboxylic acids is 2. The number of aromatic amines is 1. The number of guanidine groups is 1. The van der Waals surface area contributed by atoms with Crippen molar-refractivity contribution >= 4 is 59.2 Å². The van der Waals surface area contributed by atoms with E-state index >= 15 is 0 Å². The van der Waals surface area contributed by atoms with Gasteiger partial charge in [-0.05, 0) is 75.8 Å². The number of likely N-dealkylation sites (tertiary alicyclic amines) is 2. The van der Waals surface area contributed by atoms with Crippen molar-refractivity contribution in [1.29, 1.82) is 0 Å². The molecule has 0 unspecified atom stereocenters. The van der Waals surface area contributed by atoms with Crippen LogP contribution in [0.2, 0.25) is 0 Å². The molecule has 2 aliphatic rings. The fourth-order valence-corrected chi connectivity index (χ4v) is 8.86. The van der Waals surface area contributed by atoms with Gasteiger partial charge >= 0.3 is 11.9 Å². The quantitative estimate of drug-likeness (QED) is 0.0238. The van der Waals surface area contributed by atoms with Crippen molar-refractivity contribution in [3.8, 4) is 0 Å². The number of rotatable bonds is 28. The van der Waals surface area contributed by atoms with E-state index in [1.54, 1.807) is 44.2 Å². The van der Waals surface area contributed by atoms with Crippen LogP contribution in [0.4, 0.5) is 0 Å². The number of unbranched alkanes of at least 4 members (excludes halogenated alkanes) is 1. The molecule has 4 rings (SSSR count). The largest absolute Gasteiger partial charge is 0.481 e. The molecule has 71 heavy (non-hydrogen) atoms. The highest BCUT2D eigenvalue weighted by molar-refractivity contribution is 5.98. The zero-order valence-electron chi connectivity index (χ0n) is 40.2. The number of imidazole rings is 1. The number of carboxylic acid groups (broad SMARTS) is 2. The maximum Gasteiger partial charge on any atom is 0.327 e. The van der Waals surface area contributed by atoms with Gasteiger partial charge in [-0.2, -0.15) is 0 Å². The lowest BCUT2D eigenvalue weighted by atomic mass is 9.91. The number of aromatic nitrogens is 2. The molecular formula is C46H70N14O11. The first kappa shape index (κ1) is 56.4. The smallest absolute Gasteiger partial charge is 0.327 e. The number of aliphatic imine (C=N–C) groups is 1. The topological polar surface area (TPSA) is 406 Å². The van der Waals surface area contributed by atoms with Crippen LogP contribution in [0.5, 0.6) is 0 Å². The molecule has 8 atom stereocenters. The van der Waals surface area contributed by atoms with E-state index in [1.165, 1.54) is 22.3 Å². The van der Waals surface area contributed by atoms with Crippen molar-refractivity contribution < 1.29 is 53.4 Å². The van der Waals surface area contributed by atoms with Gasteiger partial charge in [0.1, 0.15) is 42.3 Å². The summed E-state index contributed by atoms with van der Waals surface area (Å²) >= 11 is 0. The molecule has 1 aromatic heterocycles. The molecule has 390 valence electrons. The molecule has 7 amide bonds. The van der Waals surface area contributed by atoms with Gasteiger partial charge < -0.3 is 74.5 Å². The minimum Gasteiger partial charge on any atom is -0.481 e. The molecule has 25 heteroatoms. The van der Waals surface area contributed by atoms with Gasteiger partial charge in [-0.1, -0.05) is 44.2 Å². The molecule has 2 aromatic rings. The predicted molar refractivity (Wildman–Crippen MR) is 257 cm³/mol. The highest BCUT2D eigenvalue weighted by Gasteiger charge is 2.45. The second-order valence-electron chi connectivity index (χ2n) is 18.1. The van der Waals surface area contributed by atoms with Gasteiger partial charge in [0.15, 0.2) is 5.96 Å². The number of nitrogens with zero attached hydrogens (tertiary/aromatic N) is 4. The Morgan fingerprint density at radius 2 is 1.41 bits per heavy atom. The molecule has 1 aromatic carbocycles. The fraction of sp³-hybridized carbons (Fsp3) is 0.587. The molecule has 25 nitrogen and oxygen atoms in total. The Labute approximate surface area is 411 Å². The van der Waals surface area contributed by atoms with Gasteiger partial charge in [0.25, 0.3) is 0 Å².